The molecule has 12 heteroatoms. The van der Waals surface area contributed by atoms with Crippen molar-refractivity contribution in [3.05, 3.63) is 75.2 Å². The Bertz CT molecular complexity index is 1510. The van der Waals surface area contributed by atoms with Crippen LogP contribution in [0, 0.1) is 0 Å². The lowest BCUT2D eigenvalue weighted by molar-refractivity contribution is 0.0955. The molecule has 4 rings (SSSR count). The molecule has 0 radical (unpaired) electrons. The van der Waals surface area contributed by atoms with Crippen LogP contribution in [0.5, 0.6) is 10.9 Å². The van der Waals surface area contributed by atoms with Crippen LogP contribution in [-0.2, 0) is 10.0 Å². The van der Waals surface area contributed by atoms with E-state index in [4.69, 9.17) is 39.5 Å². The first-order valence-electron chi connectivity index (χ1n) is 9.80. The first-order valence-corrected chi connectivity index (χ1v) is 13.2. The Morgan fingerprint density at radius 1 is 1.03 bits per heavy atom. The minimum absolute atomic E-state index is 0.0375. The van der Waals surface area contributed by atoms with Crippen molar-refractivity contribution in [2.24, 2.45) is 0 Å². The van der Waals surface area contributed by atoms with Crippen molar-refractivity contribution < 1.29 is 17.9 Å². The van der Waals surface area contributed by atoms with E-state index in [1.165, 1.54) is 47.7 Å². The number of fused-ring (bicyclic) bond motifs is 1. The lowest BCUT2D eigenvalue weighted by atomic mass is 10.2. The van der Waals surface area contributed by atoms with Crippen LogP contribution >= 0.6 is 46.1 Å². The molecule has 0 unspecified atom stereocenters. The van der Waals surface area contributed by atoms with Gasteiger partial charge in [-0.15, -0.1) is 0 Å². The number of carbonyl (C=O) groups excluding carboxylic acids is 1. The van der Waals surface area contributed by atoms with E-state index >= 15 is 0 Å². The Kier molecular flexibility index (Phi) is 7.20. The summed E-state index contributed by atoms with van der Waals surface area (Å²) in [7, 11) is -4.09. The van der Waals surface area contributed by atoms with Gasteiger partial charge in [-0.1, -0.05) is 46.1 Å². The molecule has 7 nitrogen and oxygen atoms in total. The van der Waals surface area contributed by atoms with Crippen LogP contribution < -0.4 is 14.8 Å². The van der Waals surface area contributed by atoms with Crippen LogP contribution in [0.4, 0.5) is 5.69 Å². The number of halogens is 3. The number of thiazole rings is 1. The lowest BCUT2D eigenvalue weighted by Crippen LogP contribution is -2.23. The fraction of sp³-hybridized carbons (Fsp3) is 0.0909. The van der Waals surface area contributed by atoms with E-state index in [-0.39, 0.29) is 26.9 Å². The van der Waals surface area contributed by atoms with E-state index in [2.05, 4.69) is 15.0 Å². The third kappa shape index (κ3) is 5.56. The third-order valence-corrected chi connectivity index (χ3v) is 7.73. The molecule has 0 aliphatic rings. The van der Waals surface area contributed by atoms with E-state index in [0.717, 1.165) is 4.70 Å². The molecule has 0 bridgehead atoms. The molecule has 4 aromatic rings. The minimum Gasteiger partial charge on any atom is -0.431 e. The van der Waals surface area contributed by atoms with E-state index in [1.807, 2.05) is 6.07 Å². The second-order valence-electron chi connectivity index (χ2n) is 6.98. The molecule has 0 atom stereocenters. The van der Waals surface area contributed by atoms with Gasteiger partial charge in [0.15, 0.2) is 0 Å². The molecule has 0 saturated carbocycles. The SMILES string of the molecule is CCNC(=O)c1cc(NS(=O)(=O)c2ccc(Cl)cc2Cl)cc(Oc2nc3cc(Cl)ccc3s2)c1. The Morgan fingerprint density at radius 2 is 1.76 bits per heavy atom. The van der Waals surface area contributed by atoms with Gasteiger partial charge in [0.2, 0.25) is 0 Å². The standard InChI is InChI=1S/C22H16Cl3N3O4S2/c1-2-26-21(29)12-7-15(28-34(30,31)20-6-4-13(23)9-17(20)25)11-16(8-12)32-22-27-18-10-14(24)3-5-19(18)33-22/h3-11,28H,2H2,1H3,(H,26,29). The van der Waals surface area contributed by atoms with Crippen molar-refractivity contribution in [3.63, 3.8) is 0 Å². The predicted octanol–water partition coefficient (Wildman–Crippen LogP) is 6.60. The Hall–Kier alpha value is -2.56. The molecule has 1 heterocycles. The van der Waals surface area contributed by atoms with E-state index in [9.17, 15) is 13.2 Å². The normalized spacial score (nSPS) is 11.4. The third-order valence-electron chi connectivity index (χ3n) is 4.48. The summed E-state index contributed by atoms with van der Waals surface area (Å²) in [5.74, 6) is -0.178. The Balaban J connectivity index is 1.70. The lowest BCUT2D eigenvalue weighted by Gasteiger charge is -2.13. The molecular weight excluding hydrogens is 541 g/mol. The number of hydrogen-bond donors (Lipinski definition) is 2. The van der Waals surface area contributed by atoms with Gasteiger partial charge in [-0.2, -0.15) is 0 Å². The number of hydrogen-bond acceptors (Lipinski definition) is 6. The van der Waals surface area contributed by atoms with Gasteiger partial charge in [-0.25, -0.2) is 13.4 Å². The van der Waals surface area contributed by atoms with Crippen LogP contribution in [0.3, 0.4) is 0 Å². The largest absolute Gasteiger partial charge is 0.431 e. The van der Waals surface area contributed by atoms with Crippen LogP contribution in [0.15, 0.2) is 59.5 Å². The molecule has 2 N–H and O–H groups in total. The molecule has 1 amide bonds. The molecule has 0 fully saturated rings. The van der Waals surface area contributed by atoms with Crippen molar-refractivity contribution in [2.75, 3.05) is 11.3 Å². The van der Waals surface area contributed by atoms with Gasteiger partial charge >= 0.3 is 0 Å². The maximum Gasteiger partial charge on any atom is 0.279 e. The summed E-state index contributed by atoms with van der Waals surface area (Å²) in [6.07, 6.45) is 0. The van der Waals surface area contributed by atoms with E-state index in [1.54, 1.807) is 19.1 Å². The van der Waals surface area contributed by atoms with Crippen molar-refractivity contribution >= 4 is 78.0 Å². The number of ether oxygens (including phenoxy) is 1. The van der Waals surface area contributed by atoms with Crippen LogP contribution in [0.2, 0.25) is 15.1 Å². The highest BCUT2D eigenvalue weighted by Gasteiger charge is 2.20. The zero-order chi connectivity index (χ0) is 24.5. The molecule has 34 heavy (non-hydrogen) atoms. The number of nitrogens with zero attached hydrogens (tertiary/aromatic N) is 1. The van der Waals surface area contributed by atoms with Gasteiger partial charge in [0.1, 0.15) is 10.6 Å². The highest BCUT2D eigenvalue weighted by Crippen LogP contribution is 2.34. The summed E-state index contributed by atoms with van der Waals surface area (Å²) in [6, 6.07) is 13.7. The molecule has 176 valence electrons. The maximum absolute atomic E-state index is 13.0. The number of anilines is 1. The second kappa shape index (κ2) is 9.97. The summed E-state index contributed by atoms with van der Waals surface area (Å²) in [5, 5.41) is 3.79. The summed E-state index contributed by atoms with van der Waals surface area (Å²) >= 11 is 19.3. The number of nitrogens with one attached hydrogen (secondary N) is 2. The number of aromatic nitrogens is 1. The van der Waals surface area contributed by atoms with Crippen LogP contribution in [-0.4, -0.2) is 25.9 Å². The first-order chi connectivity index (χ1) is 16.1. The molecular formula is C22H16Cl3N3O4S2. The van der Waals surface area contributed by atoms with Gasteiger partial charge in [0, 0.05) is 28.2 Å². The fourth-order valence-corrected chi connectivity index (χ4v) is 5.83. The van der Waals surface area contributed by atoms with E-state index in [0.29, 0.717) is 27.3 Å². The Morgan fingerprint density at radius 3 is 2.50 bits per heavy atom. The minimum atomic E-state index is -4.09. The van der Waals surface area contributed by atoms with E-state index < -0.39 is 15.9 Å². The quantitative estimate of drug-likeness (QED) is 0.267. The second-order valence-corrected chi connectivity index (χ2v) is 10.9. The predicted molar refractivity (Wildman–Crippen MR) is 136 cm³/mol. The average molecular weight is 557 g/mol. The van der Waals surface area contributed by atoms with Gasteiger partial charge < -0.3 is 10.1 Å². The smallest absolute Gasteiger partial charge is 0.279 e. The number of amides is 1. The van der Waals surface area contributed by atoms with Gasteiger partial charge in [-0.3, -0.25) is 9.52 Å². The maximum atomic E-state index is 13.0. The molecule has 0 aliphatic carbocycles. The molecule has 3 aromatic carbocycles. The monoisotopic (exact) mass is 555 g/mol. The summed E-state index contributed by atoms with van der Waals surface area (Å²) in [5.41, 5.74) is 0.961. The van der Waals surface area contributed by atoms with Gasteiger partial charge in [-0.05, 0) is 55.5 Å². The zero-order valence-corrected chi connectivity index (χ0v) is 21.3. The summed E-state index contributed by atoms with van der Waals surface area (Å²) < 4.78 is 35.1. The van der Waals surface area contributed by atoms with Gasteiger partial charge in [0.05, 0.1) is 20.9 Å². The highest BCUT2D eigenvalue weighted by atomic mass is 35.5. The van der Waals surface area contributed by atoms with Crippen molar-refractivity contribution in [1.29, 1.82) is 0 Å². The summed E-state index contributed by atoms with van der Waals surface area (Å²) in [4.78, 5) is 16.7. The fourth-order valence-electron chi connectivity index (χ4n) is 3.04. The number of sulfonamides is 1. The van der Waals surface area contributed by atoms with Crippen molar-refractivity contribution in [1.82, 2.24) is 10.3 Å². The molecule has 0 spiro atoms. The topological polar surface area (TPSA) is 97.4 Å². The van der Waals surface area contributed by atoms with Gasteiger partial charge in [0.25, 0.3) is 21.1 Å². The number of carbonyl (C=O) groups is 1. The summed E-state index contributed by atoms with van der Waals surface area (Å²) in [6.45, 7) is 2.17. The molecule has 1 aromatic heterocycles. The number of benzene rings is 3. The number of rotatable bonds is 7. The molecule has 0 aliphatic heterocycles. The average Bonchev–Trinajstić information content (AvgIpc) is 3.14. The van der Waals surface area contributed by atoms with Crippen LogP contribution in [0.1, 0.15) is 17.3 Å². The van der Waals surface area contributed by atoms with Crippen molar-refractivity contribution in [3.8, 4) is 10.9 Å². The van der Waals surface area contributed by atoms with Crippen molar-refractivity contribution in [2.45, 2.75) is 11.8 Å². The Labute approximate surface area is 214 Å². The highest BCUT2D eigenvalue weighted by molar-refractivity contribution is 7.92. The molecule has 0 saturated heterocycles. The first kappa shape index (κ1) is 24.6. The van der Waals surface area contributed by atoms with Crippen LogP contribution in [0.25, 0.3) is 10.2 Å². The zero-order valence-electron chi connectivity index (χ0n) is 17.4.